The summed E-state index contributed by atoms with van der Waals surface area (Å²) < 4.78 is 0. The Morgan fingerprint density at radius 1 is 1.17 bits per heavy atom. The largest absolute Gasteiger partial charge is 0.378 e. The molecule has 1 aromatic carbocycles. The fourth-order valence-corrected chi connectivity index (χ4v) is 8.53. The lowest BCUT2D eigenvalue weighted by Gasteiger charge is -2.55. The summed E-state index contributed by atoms with van der Waals surface area (Å²) in [5, 5.41) is 0. The third-order valence-electron chi connectivity index (χ3n) is 10.2. The van der Waals surface area contributed by atoms with E-state index < -0.39 is 5.41 Å². The first kappa shape index (κ1) is 25.1. The maximum atomic E-state index is 13.7. The van der Waals surface area contributed by atoms with Crippen LogP contribution in [0.3, 0.4) is 0 Å². The van der Waals surface area contributed by atoms with Gasteiger partial charge in [0.25, 0.3) is 0 Å². The third-order valence-corrected chi connectivity index (χ3v) is 10.2. The average Bonchev–Trinajstić information content (AvgIpc) is 3.16. The first-order valence-electron chi connectivity index (χ1n) is 13.9. The molecule has 190 valence electrons. The van der Waals surface area contributed by atoms with E-state index in [4.69, 9.17) is 0 Å². The first-order chi connectivity index (χ1) is 17.2. The number of ketones is 2. The fraction of sp³-hybridized carbons (Fsp3) is 0.576. The molecule has 1 unspecified atom stereocenters. The SMILES string of the molecule is CC#C[C@]1(C(=O)CC)CC[C@H]2[C@@H]3CC(C)C4=CC(=O)CCC4=C3[C@@H](c3ccc(N(C)C)cc3)C[C@@]21C. The van der Waals surface area contributed by atoms with E-state index in [0.717, 1.165) is 32.1 Å². The van der Waals surface area contributed by atoms with Crippen LogP contribution >= 0.6 is 0 Å². The number of fused-ring (bicyclic) bond motifs is 4. The number of carbonyl (C=O) groups excluding carboxylic acids is 2. The van der Waals surface area contributed by atoms with Gasteiger partial charge in [0, 0.05) is 38.5 Å². The van der Waals surface area contributed by atoms with E-state index in [0.29, 0.717) is 36.4 Å². The van der Waals surface area contributed by atoms with Crippen molar-refractivity contribution < 1.29 is 9.59 Å². The van der Waals surface area contributed by atoms with Crippen LogP contribution < -0.4 is 4.90 Å². The molecule has 0 heterocycles. The van der Waals surface area contributed by atoms with Crippen molar-refractivity contribution in [3.05, 3.63) is 52.6 Å². The van der Waals surface area contributed by atoms with Gasteiger partial charge in [0.15, 0.2) is 11.6 Å². The Labute approximate surface area is 217 Å². The van der Waals surface area contributed by atoms with Gasteiger partial charge in [0.05, 0.1) is 5.41 Å². The molecule has 3 nitrogen and oxygen atoms in total. The number of hydrogen-bond donors (Lipinski definition) is 0. The molecular weight excluding hydrogens is 442 g/mol. The van der Waals surface area contributed by atoms with Gasteiger partial charge in [-0.2, -0.15) is 0 Å². The van der Waals surface area contributed by atoms with E-state index in [1.54, 1.807) is 5.57 Å². The number of nitrogens with zero attached hydrogens (tertiary/aromatic N) is 1. The van der Waals surface area contributed by atoms with Gasteiger partial charge in [-0.1, -0.05) is 44.4 Å². The maximum Gasteiger partial charge on any atom is 0.156 e. The van der Waals surface area contributed by atoms with Crippen LogP contribution in [0.15, 0.2) is 47.1 Å². The minimum absolute atomic E-state index is 0.159. The lowest BCUT2D eigenvalue weighted by atomic mass is 9.47. The van der Waals surface area contributed by atoms with Gasteiger partial charge in [-0.15, -0.1) is 5.92 Å². The summed E-state index contributed by atoms with van der Waals surface area (Å²) in [4.78, 5) is 28.2. The molecule has 4 aliphatic carbocycles. The zero-order chi connectivity index (χ0) is 25.8. The summed E-state index contributed by atoms with van der Waals surface area (Å²) in [6.07, 6.45) is 7.95. The molecule has 0 amide bonds. The van der Waals surface area contributed by atoms with Crippen LogP contribution in [0.1, 0.15) is 84.1 Å². The van der Waals surface area contributed by atoms with Gasteiger partial charge in [0.1, 0.15) is 0 Å². The number of carbonyl (C=O) groups is 2. The van der Waals surface area contributed by atoms with E-state index in [1.807, 2.05) is 19.9 Å². The second-order valence-electron chi connectivity index (χ2n) is 12.1. The Morgan fingerprint density at radius 3 is 2.53 bits per heavy atom. The van der Waals surface area contributed by atoms with Crippen LogP contribution in [0.2, 0.25) is 0 Å². The summed E-state index contributed by atoms with van der Waals surface area (Å²) in [5.74, 6) is 8.87. The maximum absolute atomic E-state index is 13.7. The topological polar surface area (TPSA) is 37.4 Å². The van der Waals surface area contributed by atoms with E-state index >= 15 is 0 Å². The Morgan fingerprint density at radius 2 is 1.89 bits per heavy atom. The number of allylic oxidation sites excluding steroid dienone is 4. The van der Waals surface area contributed by atoms with Crippen molar-refractivity contribution in [2.24, 2.45) is 28.6 Å². The predicted molar refractivity (Wildman–Crippen MR) is 147 cm³/mol. The van der Waals surface area contributed by atoms with Crippen molar-refractivity contribution in [1.29, 1.82) is 0 Å². The van der Waals surface area contributed by atoms with Crippen molar-refractivity contribution in [3.63, 3.8) is 0 Å². The predicted octanol–water partition coefficient (Wildman–Crippen LogP) is 6.89. The summed E-state index contributed by atoms with van der Waals surface area (Å²) in [7, 11) is 4.15. The monoisotopic (exact) mass is 483 g/mol. The molecule has 5 rings (SSSR count). The Hall–Kier alpha value is -2.60. The third kappa shape index (κ3) is 3.55. The van der Waals surface area contributed by atoms with E-state index in [1.165, 1.54) is 22.4 Å². The molecule has 0 aliphatic heterocycles. The lowest BCUT2D eigenvalue weighted by molar-refractivity contribution is -0.132. The van der Waals surface area contributed by atoms with Crippen LogP contribution in [-0.2, 0) is 9.59 Å². The van der Waals surface area contributed by atoms with Gasteiger partial charge in [-0.3, -0.25) is 9.59 Å². The molecule has 0 bridgehead atoms. The van der Waals surface area contributed by atoms with Crippen LogP contribution in [0.25, 0.3) is 0 Å². The highest BCUT2D eigenvalue weighted by Crippen LogP contribution is 2.70. The van der Waals surface area contributed by atoms with Crippen LogP contribution in [-0.4, -0.2) is 25.7 Å². The summed E-state index contributed by atoms with van der Waals surface area (Å²) in [6.45, 7) is 8.60. The molecule has 3 heteroatoms. The van der Waals surface area contributed by atoms with Gasteiger partial charge in [0.2, 0.25) is 0 Å². The zero-order valence-corrected chi connectivity index (χ0v) is 22.9. The van der Waals surface area contributed by atoms with Crippen LogP contribution in [0, 0.1) is 40.4 Å². The molecule has 0 spiro atoms. The van der Waals surface area contributed by atoms with Crippen molar-refractivity contribution in [2.45, 2.75) is 78.6 Å². The Balaban J connectivity index is 1.72. The summed E-state index contributed by atoms with van der Waals surface area (Å²) in [6, 6.07) is 9.05. The Bertz CT molecular complexity index is 1210. The van der Waals surface area contributed by atoms with E-state index in [2.05, 4.69) is 68.9 Å². The minimum atomic E-state index is -0.554. The van der Waals surface area contributed by atoms with Crippen molar-refractivity contribution in [1.82, 2.24) is 0 Å². The second-order valence-corrected chi connectivity index (χ2v) is 12.1. The molecule has 6 atom stereocenters. The highest BCUT2D eigenvalue weighted by Gasteiger charge is 2.65. The lowest BCUT2D eigenvalue weighted by Crippen LogP contribution is -2.51. The molecule has 1 aromatic rings. The standard InChI is InChI=1S/C33H41NO2/c1-7-16-33(30(36)8-2)17-15-29-27-18-21(3)26-19-24(35)13-14-25(26)31(27)28(20-32(29,33)4)22-9-11-23(12-10-22)34(5)6/h9-12,19,21,27-29H,8,13-15,17-18,20H2,1-6H3/t21?,27-,28+,29-,32-,33+/m0/s1. The zero-order valence-electron chi connectivity index (χ0n) is 22.9. The van der Waals surface area contributed by atoms with E-state index in [9.17, 15) is 9.59 Å². The van der Waals surface area contributed by atoms with Crippen LogP contribution in [0.5, 0.6) is 0 Å². The highest BCUT2D eigenvalue weighted by molar-refractivity contribution is 5.93. The van der Waals surface area contributed by atoms with Crippen molar-refractivity contribution in [3.8, 4) is 11.8 Å². The number of rotatable bonds is 4. The molecule has 0 radical (unpaired) electrons. The van der Waals surface area contributed by atoms with Crippen molar-refractivity contribution >= 4 is 17.3 Å². The fourth-order valence-electron chi connectivity index (χ4n) is 8.53. The van der Waals surface area contributed by atoms with Gasteiger partial charge < -0.3 is 4.90 Å². The van der Waals surface area contributed by atoms with Gasteiger partial charge in [-0.25, -0.2) is 0 Å². The van der Waals surface area contributed by atoms with E-state index in [-0.39, 0.29) is 17.1 Å². The molecule has 36 heavy (non-hydrogen) atoms. The number of anilines is 1. The first-order valence-corrected chi connectivity index (χ1v) is 13.9. The molecule has 0 saturated heterocycles. The molecule has 0 aromatic heterocycles. The normalized spacial score (nSPS) is 35.2. The summed E-state index contributed by atoms with van der Waals surface area (Å²) in [5.41, 5.74) is 6.15. The molecule has 2 fully saturated rings. The number of Topliss-reactive ketones (excluding diaryl/α,β-unsaturated/α-hetero) is 1. The average molecular weight is 484 g/mol. The molecule has 0 N–H and O–H groups in total. The summed E-state index contributed by atoms with van der Waals surface area (Å²) >= 11 is 0. The van der Waals surface area contributed by atoms with Crippen molar-refractivity contribution in [2.75, 3.05) is 19.0 Å². The molecular formula is C33H41NO2. The second kappa shape index (κ2) is 9.05. The minimum Gasteiger partial charge on any atom is -0.378 e. The molecule has 2 saturated carbocycles. The smallest absolute Gasteiger partial charge is 0.156 e. The number of hydrogen-bond acceptors (Lipinski definition) is 3. The quantitative estimate of drug-likeness (QED) is 0.438. The molecule has 4 aliphatic rings. The van der Waals surface area contributed by atoms with Crippen LogP contribution in [0.4, 0.5) is 5.69 Å². The highest BCUT2D eigenvalue weighted by atomic mass is 16.1. The van der Waals surface area contributed by atoms with Gasteiger partial charge >= 0.3 is 0 Å². The van der Waals surface area contributed by atoms with Gasteiger partial charge in [-0.05, 0) is 97.1 Å². The number of benzene rings is 1. The Kier molecular flexibility index (Phi) is 6.30.